The Morgan fingerprint density at radius 3 is 1.95 bits per heavy atom. The van der Waals surface area contributed by atoms with E-state index in [4.69, 9.17) is 16.2 Å². The first kappa shape index (κ1) is 31.2. The number of benzene rings is 2. The predicted octanol–water partition coefficient (Wildman–Crippen LogP) is 10.0. The Kier molecular flexibility index (Phi) is 11.0. The van der Waals surface area contributed by atoms with E-state index in [0.29, 0.717) is 11.4 Å². The summed E-state index contributed by atoms with van der Waals surface area (Å²) in [4.78, 5) is 0. The van der Waals surface area contributed by atoms with Crippen molar-refractivity contribution in [3.8, 4) is 5.75 Å². The lowest BCUT2D eigenvalue weighted by Crippen LogP contribution is -2.37. The van der Waals surface area contributed by atoms with Gasteiger partial charge in [0.2, 0.25) is 0 Å². The molecule has 0 aliphatic carbocycles. The standard InChI is InChI=1S/C35H57N3O/c1-23(2)12-9-13-24(3)14-10-15-25(4)16-11-18-35(8)19-17-32-28(7)33(26(5)27(6)34(32)39-35)38-31-21-29(36)20-30(37)22-31/h20-25,38H,9-19,36-37H2,1-8H3. The number of hydrogen-bond donors (Lipinski definition) is 3. The first-order valence-electron chi connectivity index (χ1n) is 15.6. The molecule has 4 heteroatoms. The predicted molar refractivity (Wildman–Crippen MR) is 171 cm³/mol. The molecule has 0 saturated carbocycles. The fourth-order valence-electron chi connectivity index (χ4n) is 6.37. The van der Waals surface area contributed by atoms with E-state index in [1.54, 1.807) is 6.07 Å². The smallest absolute Gasteiger partial charge is 0.126 e. The normalized spacial score (nSPS) is 18.5. The Labute approximate surface area is 239 Å². The number of ether oxygens (including phenoxy) is 1. The van der Waals surface area contributed by atoms with E-state index in [1.807, 2.05) is 12.1 Å². The third-order valence-electron chi connectivity index (χ3n) is 9.15. The van der Waals surface area contributed by atoms with Crippen LogP contribution in [0.3, 0.4) is 0 Å². The van der Waals surface area contributed by atoms with Crippen LogP contribution in [0.1, 0.15) is 121 Å². The van der Waals surface area contributed by atoms with E-state index in [9.17, 15) is 0 Å². The van der Waals surface area contributed by atoms with Crippen LogP contribution in [-0.2, 0) is 6.42 Å². The summed E-state index contributed by atoms with van der Waals surface area (Å²) in [5.74, 6) is 3.62. The van der Waals surface area contributed by atoms with Gasteiger partial charge in [0, 0.05) is 22.7 Å². The number of fused-ring (bicyclic) bond motifs is 1. The Hall–Kier alpha value is -2.36. The number of rotatable bonds is 14. The molecule has 2 aromatic carbocycles. The highest BCUT2D eigenvalue weighted by molar-refractivity contribution is 5.76. The lowest BCUT2D eigenvalue weighted by Gasteiger charge is -2.38. The van der Waals surface area contributed by atoms with Gasteiger partial charge in [0.05, 0.1) is 0 Å². The second-order valence-corrected chi connectivity index (χ2v) is 13.5. The van der Waals surface area contributed by atoms with Crippen molar-refractivity contribution in [1.82, 2.24) is 0 Å². The minimum atomic E-state index is -0.0848. The quantitative estimate of drug-likeness (QED) is 0.210. The Morgan fingerprint density at radius 1 is 0.795 bits per heavy atom. The minimum Gasteiger partial charge on any atom is -0.487 e. The SMILES string of the molecule is Cc1c(C)c2c(c(C)c1Nc1cc(N)cc(N)c1)CCC(C)(CCCC(C)CCCC(C)CCCC(C)C)O2. The molecular formula is C35H57N3O. The van der Waals surface area contributed by atoms with Crippen molar-refractivity contribution in [2.24, 2.45) is 17.8 Å². The van der Waals surface area contributed by atoms with Gasteiger partial charge in [-0.25, -0.2) is 0 Å². The summed E-state index contributed by atoms with van der Waals surface area (Å²) in [6.07, 6.45) is 14.1. The fraction of sp³-hybridized carbons (Fsp3) is 0.657. The van der Waals surface area contributed by atoms with E-state index < -0.39 is 0 Å². The van der Waals surface area contributed by atoms with Gasteiger partial charge < -0.3 is 21.5 Å². The van der Waals surface area contributed by atoms with Crippen molar-refractivity contribution in [1.29, 1.82) is 0 Å². The van der Waals surface area contributed by atoms with E-state index in [2.05, 4.69) is 60.7 Å². The molecule has 0 aromatic heterocycles. The largest absolute Gasteiger partial charge is 0.487 e. The molecule has 3 rings (SSSR count). The fourth-order valence-corrected chi connectivity index (χ4v) is 6.37. The average Bonchev–Trinajstić information content (AvgIpc) is 2.84. The summed E-state index contributed by atoms with van der Waals surface area (Å²) >= 11 is 0. The van der Waals surface area contributed by atoms with Gasteiger partial charge in [-0.2, -0.15) is 0 Å². The summed E-state index contributed by atoms with van der Waals surface area (Å²) < 4.78 is 6.84. The van der Waals surface area contributed by atoms with Crippen LogP contribution < -0.4 is 21.5 Å². The Bertz CT molecular complexity index is 1070. The Morgan fingerprint density at radius 2 is 1.36 bits per heavy atom. The van der Waals surface area contributed by atoms with Gasteiger partial charge in [0.1, 0.15) is 11.4 Å². The van der Waals surface area contributed by atoms with Crippen LogP contribution in [0.2, 0.25) is 0 Å². The van der Waals surface area contributed by atoms with Gasteiger partial charge in [-0.1, -0.05) is 72.6 Å². The summed E-state index contributed by atoms with van der Waals surface area (Å²) in [5.41, 5.74) is 20.5. The highest BCUT2D eigenvalue weighted by Gasteiger charge is 2.34. The van der Waals surface area contributed by atoms with Crippen LogP contribution in [0, 0.1) is 38.5 Å². The monoisotopic (exact) mass is 535 g/mol. The van der Waals surface area contributed by atoms with Crippen LogP contribution in [0.5, 0.6) is 5.75 Å². The van der Waals surface area contributed by atoms with Gasteiger partial charge in [0.25, 0.3) is 0 Å². The van der Waals surface area contributed by atoms with E-state index in [0.717, 1.165) is 54.1 Å². The van der Waals surface area contributed by atoms with Gasteiger partial charge in [-0.15, -0.1) is 0 Å². The number of anilines is 4. The third kappa shape index (κ3) is 8.82. The molecule has 1 aliphatic rings. The summed E-state index contributed by atoms with van der Waals surface area (Å²) in [6, 6.07) is 5.66. The first-order chi connectivity index (χ1) is 18.4. The summed E-state index contributed by atoms with van der Waals surface area (Å²) in [5, 5.41) is 3.60. The lowest BCUT2D eigenvalue weighted by molar-refractivity contribution is 0.0514. The Balaban J connectivity index is 1.53. The van der Waals surface area contributed by atoms with Gasteiger partial charge in [0.15, 0.2) is 0 Å². The topological polar surface area (TPSA) is 73.3 Å². The number of hydrogen-bond acceptors (Lipinski definition) is 4. The zero-order valence-corrected chi connectivity index (χ0v) is 26.3. The van der Waals surface area contributed by atoms with Crippen molar-refractivity contribution in [2.45, 2.75) is 132 Å². The molecule has 0 amide bonds. The molecular weight excluding hydrogens is 478 g/mol. The molecule has 1 heterocycles. The van der Waals surface area contributed by atoms with Crippen LogP contribution >= 0.6 is 0 Å². The van der Waals surface area contributed by atoms with E-state index >= 15 is 0 Å². The minimum absolute atomic E-state index is 0.0848. The lowest BCUT2D eigenvalue weighted by atomic mass is 9.83. The number of nitrogens with one attached hydrogen (secondary N) is 1. The van der Waals surface area contributed by atoms with Crippen molar-refractivity contribution in [2.75, 3.05) is 16.8 Å². The highest BCUT2D eigenvalue weighted by atomic mass is 16.5. The van der Waals surface area contributed by atoms with Crippen LogP contribution in [0.25, 0.3) is 0 Å². The van der Waals surface area contributed by atoms with Crippen LogP contribution in [-0.4, -0.2) is 5.60 Å². The first-order valence-corrected chi connectivity index (χ1v) is 15.6. The molecule has 4 nitrogen and oxygen atoms in total. The maximum atomic E-state index is 6.84. The van der Waals surface area contributed by atoms with Gasteiger partial charge in [-0.3, -0.25) is 0 Å². The summed E-state index contributed by atoms with van der Waals surface area (Å²) in [6.45, 7) is 18.5. The molecule has 39 heavy (non-hydrogen) atoms. The molecule has 3 atom stereocenters. The van der Waals surface area contributed by atoms with E-state index in [-0.39, 0.29) is 5.60 Å². The van der Waals surface area contributed by atoms with Crippen molar-refractivity contribution in [3.63, 3.8) is 0 Å². The molecule has 5 N–H and O–H groups in total. The number of nitrogen functional groups attached to an aromatic ring is 2. The molecule has 0 fully saturated rings. The van der Waals surface area contributed by atoms with Crippen molar-refractivity contribution in [3.05, 3.63) is 40.5 Å². The van der Waals surface area contributed by atoms with Gasteiger partial charge in [-0.05, 0) is 112 Å². The molecule has 0 radical (unpaired) electrons. The average molecular weight is 536 g/mol. The van der Waals surface area contributed by atoms with Gasteiger partial charge >= 0.3 is 0 Å². The molecule has 0 spiro atoms. The van der Waals surface area contributed by atoms with Crippen molar-refractivity contribution >= 4 is 22.7 Å². The maximum absolute atomic E-state index is 6.84. The maximum Gasteiger partial charge on any atom is 0.126 e. The second kappa shape index (κ2) is 13.8. The highest BCUT2D eigenvalue weighted by Crippen LogP contribution is 2.45. The van der Waals surface area contributed by atoms with E-state index in [1.165, 1.54) is 73.6 Å². The molecule has 2 aromatic rings. The van der Waals surface area contributed by atoms with Crippen LogP contribution in [0.4, 0.5) is 22.7 Å². The third-order valence-corrected chi connectivity index (χ3v) is 9.15. The number of nitrogens with two attached hydrogens (primary N) is 2. The van der Waals surface area contributed by atoms with Crippen molar-refractivity contribution < 1.29 is 4.74 Å². The zero-order chi connectivity index (χ0) is 28.7. The molecule has 1 aliphatic heterocycles. The molecule has 3 unspecified atom stereocenters. The molecule has 218 valence electrons. The molecule has 0 bridgehead atoms. The van der Waals surface area contributed by atoms with Crippen LogP contribution in [0.15, 0.2) is 18.2 Å². The second-order valence-electron chi connectivity index (χ2n) is 13.5. The zero-order valence-electron chi connectivity index (χ0n) is 26.3. The summed E-state index contributed by atoms with van der Waals surface area (Å²) in [7, 11) is 0. The molecule has 0 saturated heterocycles.